The van der Waals surface area contributed by atoms with Crippen LogP contribution in [0.4, 0.5) is 0 Å². The largest absolute Gasteiger partial charge is 0.489 e. The molecule has 2 aromatic heterocycles. The van der Waals surface area contributed by atoms with Gasteiger partial charge in [-0.05, 0) is 30.3 Å². The van der Waals surface area contributed by atoms with Crippen molar-refractivity contribution in [3.05, 3.63) is 72.8 Å². The van der Waals surface area contributed by atoms with Crippen molar-refractivity contribution in [3.63, 3.8) is 0 Å². The zero-order chi connectivity index (χ0) is 15.5. The number of fused-ring (bicyclic) bond motifs is 1. The van der Waals surface area contributed by atoms with Gasteiger partial charge in [-0.2, -0.15) is 0 Å². The smallest absolute Gasteiger partial charge is 0.247 e. The summed E-state index contributed by atoms with van der Waals surface area (Å²) in [7, 11) is 0. The molecule has 2 aromatic carbocycles. The van der Waals surface area contributed by atoms with E-state index in [0.717, 1.165) is 27.8 Å². The highest BCUT2D eigenvalue weighted by Gasteiger charge is 2.05. The lowest BCUT2D eigenvalue weighted by Crippen LogP contribution is -1.97. The molecule has 23 heavy (non-hydrogen) atoms. The summed E-state index contributed by atoms with van der Waals surface area (Å²) in [5.74, 6) is 1.27. The van der Waals surface area contributed by atoms with Crippen molar-refractivity contribution in [1.82, 2.24) is 15.2 Å². The fourth-order valence-electron chi connectivity index (χ4n) is 2.44. The van der Waals surface area contributed by atoms with Gasteiger partial charge in [-0.1, -0.05) is 24.3 Å². The Balaban J connectivity index is 1.52. The summed E-state index contributed by atoms with van der Waals surface area (Å²) in [4.78, 5) is 4.43. The van der Waals surface area contributed by atoms with Crippen molar-refractivity contribution < 1.29 is 9.15 Å². The first kappa shape index (κ1) is 13.5. The third-order valence-corrected chi connectivity index (χ3v) is 3.57. The number of para-hydroxylation sites is 1. The average Bonchev–Trinajstić information content (AvgIpc) is 3.15. The molecule has 0 aliphatic rings. The molecule has 5 heteroatoms. The number of hydrogen-bond acceptors (Lipinski definition) is 5. The third kappa shape index (κ3) is 2.76. The van der Waals surface area contributed by atoms with Gasteiger partial charge in [0.15, 0.2) is 0 Å². The molecule has 0 atom stereocenters. The van der Waals surface area contributed by atoms with Gasteiger partial charge in [-0.25, -0.2) is 0 Å². The summed E-state index contributed by atoms with van der Waals surface area (Å²) in [6.45, 7) is 0.467. The van der Waals surface area contributed by atoms with Crippen molar-refractivity contribution >= 4 is 10.9 Å². The summed E-state index contributed by atoms with van der Waals surface area (Å²) in [5.41, 5.74) is 2.89. The Labute approximate surface area is 132 Å². The average molecular weight is 303 g/mol. The van der Waals surface area contributed by atoms with E-state index in [2.05, 4.69) is 15.2 Å². The number of nitrogens with zero attached hydrogens (tertiary/aromatic N) is 3. The van der Waals surface area contributed by atoms with Gasteiger partial charge in [-0.15, -0.1) is 10.2 Å². The second kappa shape index (κ2) is 5.88. The molecule has 0 saturated heterocycles. The van der Waals surface area contributed by atoms with Crippen LogP contribution >= 0.6 is 0 Å². The fourth-order valence-corrected chi connectivity index (χ4v) is 2.44. The molecule has 2 heterocycles. The standard InChI is InChI=1S/C18H13N3O2/c1-3-13-5-2-10-19-17(13)15(4-1)11-22-16-8-6-14(7-9-16)18-21-20-12-23-18/h1-10,12H,11H2. The minimum atomic E-state index is 0.467. The second-order valence-corrected chi connectivity index (χ2v) is 5.05. The van der Waals surface area contributed by atoms with Crippen molar-refractivity contribution in [2.75, 3.05) is 0 Å². The number of ether oxygens (including phenoxy) is 1. The van der Waals surface area contributed by atoms with Gasteiger partial charge in [-0.3, -0.25) is 4.98 Å². The maximum Gasteiger partial charge on any atom is 0.247 e. The van der Waals surface area contributed by atoms with Crippen LogP contribution in [0.5, 0.6) is 5.75 Å². The molecule has 0 bridgehead atoms. The van der Waals surface area contributed by atoms with Gasteiger partial charge in [0.1, 0.15) is 12.4 Å². The molecular formula is C18H13N3O2. The summed E-state index contributed by atoms with van der Waals surface area (Å²) in [6.07, 6.45) is 3.11. The lowest BCUT2D eigenvalue weighted by atomic mass is 10.1. The molecule has 0 unspecified atom stereocenters. The topological polar surface area (TPSA) is 61.0 Å². The van der Waals surface area contributed by atoms with E-state index in [9.17, 15) is 0 Å². The van der Waals surface area contributed by atoms with Crippen LogP contribution in [-0.2, 0) is 6.61 Å². The van der Waals surface area contributed by atoms with E-state index < -0.39 is 0 Å². The number of rotatable bonds is 4. The zero-order valence-electron chi connectivity index (χ0n) is 12.2. The molecule has 0 aliphatic heterocycles. The minimum absolute atomic E-state index is 0.467. The van der Waals surface area contributed by atoms with Crippen LogP contribution in [0.25, 0.3) is 22.4 Å². The molecular weight excluding hydrogens is 290 g/mol. The van der Waals surface area contributed by atoms with Crippen LogP contribution in [0.15, 0.2) is 71.6 Å². The molecule has 0 fully saturated rings. The number of pyridine rings is 1. The van der Waals surface area contributed by atoms with E-state index in [1.807, 2.05) is 54.6 Å². The molecule has 0 N–H and O–H groups in total. The maximum absolute atomic E-state index is 5.87. The van der Waals surface area contributed by atoms with Crippen molar-refractivity contribution in [2.24, 2.45) is 0 Å². The predicted molar refractivity (Wildman–Crippen MR) is 85.8 cm³/mol. The highest BCUT2D eigenvalue weighted by Crippen LogP contribution is 2.22. The molecule has 0 radical (unpaired) electrons. The van der Waals surface area contributed by atoms with Crippen LogP contribution in [0.1, 0.15) is 5.56 Å². The highest BCUT2D eigenvalue weighted by molar-refractivity contribution is 5.81. The molecule has 0 amide bonds. The Morgan fingerprint density at radius 2 is 1.83 bits per heavy atom. The van der Waals surface area contributed by atoms with Gasteiger partial charge in [0, 0.05) is 22.7 Å². The van der Waals surface area contributed by atoms with E-state index >= 15 is 0 Å². The normalized spacial score (nSPS) is 10.8. The molecule has 0 aliphatic carbocycles. The van der Waals surface area contributed by atoms with Gasteiger partial charge in [0.05, 0.1) is 5.52 Å². The van der Waals surface area contributed by atoms with Gasteiger partial charge < -0.3 is 9.15 Å². The summed E-state index contributed by atoms with van der Waals surface area (Å²) < 4.78 is 11.0. The lowest BCUT2D eigenvalue weighted by Gasteiger charge is -2.08. The highest BCUT2D eigenvalue weighted by atomic mass is 16.5. The monoisotopic (exact) mass is 303 g/mol. The van der Waals surface area contributed by atoms with Gasteiger partial charge >= 0.3 is 0 Å². The van der Waals surface area contributed by atoms with Crippen LogP contribution < -0.4 is 4.74 Å². The fraction of sp³-hybridized carbons (Fsp3) is 0.0556. The Kier molecular flexibility index (Phi) is 3.44. The van der Waals surface area contributed by atoms with E-state index in [4.69, 9.17) is 9.15 Å². The molecule has 0 saturated carbocycles. The molecule has 4 rings (SSSR count). The minimum Gasteiger partial charge on any atom is -0.489 e. The summed E-state index contributed by atoms with van der Waals surface area (Å²) in [6, 6.07) is 17.6. The van der Waals surface area contributed by atoms with Crippen LogP contribution in [-0.4, -0.2) is 15.2 Å². The SMILES string of the molecule is c1cnc2c(COc3ccc(-c4nnco4)cc3)cccc2c1. The van der Waals surface area contributed by atoms with Gasteiger partial charge in [0.2, 0.25) is 12.3 Å². The molecule has 112 valence electrons. The Morgan fingerprint density at radius 1 is 0.957 bits per heavy atom. The van der Waals surface area contributed by atoms with Gasteiger partial charge in [0.25, 0.3) is 0 Å². The van der Waals surface area contributed by atoms with Crippen LogP contribution in [0, 0.1) is 0 Å². The second-order valence-electron chi connectivity index (χ2n) is 5.05. The Morgan fingerprint density at radius 3 is 2.65 bits per heavy atom. The first-order chi connectivity index (χ1) is 11.4. The number of hydrogen-bond donors (Lipinski definition) is 0. The van der Waals surface area contributed by atoms with Crippen molar-refractivity contribution in [3.8, 4) is 17.2 Å². The molecule has 0 spiro atoms. The van der Waals surface area contributed by atoms with E-state index in [1.165, 1.54) is 6.39 Å². The molecule has 5 nitrogen and oxygen atoms in total. The van der Waals surface area contributed by atoms with E-state index in [-0.39, 0.29) is 0 Å². The quantitative estimate of drug-likeness (QED) is 0.573. The van der Waals surface area contributed by atoms with Crippen LogP contribution in [0.3, 0.4) is 0 Å². The number of aromatic nitrogens is 3. The predicted octanol–water partition coefficient (Wildman–Crippen LogP) is 3.86. The summed E-state index contributed by atoms with van der Waals surface area (Å²) >= 11 is 0. The maximum atomic E-state index is 5.87. The van der Waals surface area contributed by atoms with E-state index in [0.29, 0.717) is 12.5 Å². The summed E-state index contributed by atoms with van der Waals surface area (Å²) in [5, 5.41) is 8.66. The lowest BCUT2D eigenvalue weighted by molar-refractivity contribution is 0.307. The number of benzene rings is 2. The van der Waals surface area contributed by atoms with Crippen LogP contribution in [0.2, 0.25) is 0 Å². The first-order valence-electron chi connectivity index (χ1n) is 7.22. The Bertz CT molecular complexity index is 913. The van der Waals surface area contributed by atoms with Crippen molar-refractivity contribution in [1.29, 1.82) is 0 Å². The van der Waals surface area contributed by atoms with E-state index in [1.54, 1.807) is 6.20 Å². The Hall–Kier alpha value is -3.21. The first-order valence-corrected chi connectivity index (χ1v) is 7.22. The molecule has 4 aromatic rings. The zero-order valence-corrected chi connectivity index (χ0v) is 12.2. The third-order valence-electron chi connectivity index (χ3n) is 3.57. The van der Waals surface area contributed by atoms with Crippen molar-refractivity contribution in [2.45, 2.75) is 6.61 Å².